The minimum absolute atomic E-state index is 0.409. The van der Waals surface area contributed by atoms with Crippen LogP contribution in [0, 0.1) is 0 Å². The zero-order valence-electron chi connectivity index (χ0n) is 10.5. The minimum Gasteiger partial charge on any atom is -0.352 e. The van der Waals surface area contributed by atoms with Gasteiger partial charge in [-0.25, -0.2) is 4.79 Å². The predicted octanol–water partition coefficient (Wildman–Crippen LogP) is 2.61. The van der Waals surface area contributed by atoms with Crippen molar-refractivity contribution >= 4 is 12.8 Å². The molecular weight excluding hydrogens is 204 g/mol. The highest BCUT2D eigenvalue weighted by atomic mass is 16.2. The minimum atomic E-state index is -0.409. The lowest BCUT2D eigenvalue weighted by Crippen LogP contribution is -2.29. The van der Waals surface area contributed by atoms with Gasteiger partial charge in [0, 0.05) is 6.54 Å². The van der Waals surface area contributed by atoms with Crippen LogP contribution >= 0.6 is 0 Å². The second kappa shape index (κ2) is 16.4. The number of primary amides is 1. The number of nitrogens with two attached hydrogens (primary N) is 1. The maximum absolute atomic E-state index is 10.3. The SMILES string of the molecule is C=O.CCCCCCCCCCNC(N)=O. The second-order valence-corrected chi connectivity index (χ2v) is 3.77. The molecule has 2 amide bonds. The van der Waals surface area contributed by atoms with E-state index in [2.05, 4.69) is 12.2 Å². The van der Waals surface area contributed by atoms with Gasteiger partial charge in [0.2, 0.25) is 0 Å². The summed E-state index contributed by atoms with van der Waals surface area (Å²) in [5.41, 5.74) is 4.94. The van der Waals surface area contributed by atoms with Crippen molar-refractivity contribution in [1.29, 1.82) is 0 Å². The lowest BCUT2D eigenvalue weighted by Gasteiger charge is -2.02. The Morgan fingerprint density at radius 2 is 1.44 bits per heavy atom. The molecule has 0 saturated carbocycles. The summed E-state index contributed by atoms with van der Waals surface area (Å²) in [5, 5.41) is 2.60. The number of carbonyl (C=O) groups is 2. The third-order valence-electron chi connectivity index (χ3n) is 2.33. The van der Waals surface area contributed by atoms with Gasteiger partial charge < -0.3 is 15.8 Å². The molecule has 0 rings (SSSR count). The van der Waals surface area contributed by atoms with E-state index < -0.39 is 6.03 Å². The first-order chi connectivity index (χ1) is 7.77. The Morgan fingerprint density at radius 1 is 1.00 bits per heavy atom. The molecule has 0 fully saturated rings. The molecule has 0 aromatic heterocycles. The summed E-state index contributed by atoms with van der Waals surface area (Å²) in [4.78, 5) is 18.3. The summed E-state index contributed by atoms with van der Waals surface area (Å²) >= 11 is 0. The standard InChI is InChI=1S/C11H24N2O.CH2O/c1-2-3-4-5-6-7-8-9-10-13-11(12)14;1-2/h2-10H2,1H3,(H3,12,13,14);1H2. The summed E-state index contributed by atoms with van der Waals surface area (Å²) in [5.74, 6) is 0. The van der Waals surface area contributed by atoms with Crippen molar-refractivity contribution in [3.63, 3.8) is 0 Å². The molecule has 16 heavy (non-hydrogen) atoms. The maximum atomic E-state index is 10.3. The average molecular weight is 230 g/mol. The molecule has 0 aromatic carbocycles. The Kier molecular flexibility index (Phi) is 17.7. The van der Waals surface area contributed by atoms with Gasteiger partial charge in [-0.05, 0) is 6.42 Å². The van der Waals surface area contributed by atoms with E-state index >= 15 is 0 Å². The fourth-order valence-corrected chi connectivity index (χ4v) is 1.47. The fraction of sp³-hybridized carbons (Fsp3) is 0.833. The van der Waals surface area contributed by atoms with E-state index in [0.717, 1.165) is 13.0 Å². The van der Waals surface area contributed by atoms with Gasteiger partial charge in [-0.3, -0.25) is 0 Å². The molecule has 0 unspecified atom stereocenters. The zero-order valence-corrected chi connectivity index (χ0v) is 10.5. The molecule has 0 spiro atoms. The molecule has 0 aromatic rings. The van der Waals surface area contributed by atoms with E-state index in [1.165, 1.54) is 44.9 Å². The molecule has 0 bridgehead atoms. The Labute approximate surface area is 99.0 Å². The zero-order chi connectivity index (χ0) is 12.6. The van der Waals surface area contributed by atoms with Crippen LogP contribution in [0.25, 0.3) is 0 Å². The average Bonchev–Trinajstić information content (AvgIpc) is 2.29. The van der Waals surface area contributed by atoms with Gasteiger partial charge in [-0.2, -0.15) is 0 Å². The predicted molar refractivity (Wildman–Crippen MR) is 67.3 cm³/mol. The molecule has 0 aliphatic carbocycles. The molecular formula is C12H26N2O2. The van der Waals surface area contributed by atoms with Gasteiger partial charge >= 0.3 is 6.03 Å². The molecule has 0 radical (unpaired) electrons. The smallest absolute Gasteiger partial charge is 0.312 e. The summed E-state index contributed by atoms with van der Waals surface area (Å²) in [7, 11) is 0. The Bertz CT molecular complexity index is 152. The third kappa shape index (κ3) is 18.7. The molecule has 0 saturated heterocycles. The van der Waals surface area contributed by atoms with Gasteiger partial charge in [-0.15, -0.1) is 0 Å². The van der Waals surface area contributed by atoms with E-state index in [1.54, 1.807) is 0 Å². The Balaban J connectivity index is 0. The maximum Gasteiger partial charge on any atom is 0.312 e. The van der Waals surface area contributed by atoms with Crippen molar-refractivity contribution in [2.24, 2.45) is 5.73 Å². The van der Waals surface area contributed by atoms with Crippen molar-refractivity contribution in [3.05, 3.63) is 0 Å². The molecule has 0 aliphatic rings. The number of carbonyl (C=O) groups excluding carboxylic acids is 2. The van der Waals surface area contributed by atoms with Gasteiger partial charge in [0.05, 0.1) is 0 Å². The first-order valence-corrected chi connectivity index (χ1v) is 6.09. The Hall–Kier alpha value is -1.06. The highest BCUT2D eigenvalue weighted by molar-refractivity contribution is 5.71. The van der Waals surface area contributed by atoms with Gasteiger partial charge in [0.1, 0.15) is 6.79 Å². The number of rotatable bonds is 9. The lowest BCUT2D eigenvalue weighted by atomic mass is 10.1. The third-order valence-corrected chi connectivity index (χ3v) is 2.33. The van der Waals surface area contributed by atoms with Crippen molar-refractivity contribution < 1.29 is 9.59 Å². The van der Waals surface area contributed by atoms with Gasteiger partial charge in [0.25, 0.3) is 0 Å². The van der Waals surface area contributed by atoms with Crippen molar-refractivity contribution in [3.8, 4) is 0 Å². The normalized spacial score (nSPS) is 9.06. The lowest BCUT2D eigenvalue weighted by molar-refractivity contribution is -0.0979. The highest BCUT2D eigenvalue weighted by Gasteiger charge is 1.92. The highest BCUT2D eigenvalue weighted by Crippen LogP contribution is 2.07. The summed E-state index contributed by atoms with van der Waals surface area (Å²) in [6, 6.07) is -0.409. The molecule has 4 heteroatoms. The van der Waals surface area contributed by atoms with Gasteiger partial charge in [0.15, 0.2) is 0 Å². The van der Waals surface area contributed by atoms with Crippen LogP contribution in [0.5, 0.6) is 0 Å². The molecule has 0 aliphatic heterocycles. The first kappa shape index (κ1) is 17.3. The summed E-state index contributed by atoms with van der Waals surface area (Å²) in [6.07, 6.45) is 10.3. The van der Waals surface area contributed by atoms with Crippen LogP contribution in [-0.2, 0) is 4.79 Å². The van der Waals surface area contributed by atoms with Crippen molar-refractivity contribution in [1.82, 2.24) is 5.32 Å². The van der Waals surface area contributed by atoms with Crippen molar-refractivity contribution in [2.45, 2.75) is 58.3 Å². The molecule has 0 atom stereocenters. The van der Waals surface area contributed by atoms with Crippen LogP contribution in [0.1, 0.15) is 58.3 Å². The van der Waals surface area contributed by atoms with E-state index in [0.29, 0.717) is 0 Å². The monoisotopic (exact) mass is 230 g/mol. The van der Waals surface area contributed by atoms with E-state index in [9.17, 15) is 4.79 Å². The van der Waals surface area contributed by atoms with Crippen LogP contribution in [0.15, 0.2) is 0 Å². The van der Waals surface area contributed by atoms with Crippen LogP contribution in [0.4, 0.5) is 4.79 Å². The van der Waals surface area contributed by atoms with Crippen LogP contribution in [0.3, 0.4) is 0 Å². The van der Waals surface area contributed by atoms with Gasteiger partial charge in [-0.1, -0.05) is 51.9 Å². The molecule has 4 nitrogen and oxygen atoms in total. The van der Waals surface area contributed by atoms with Crippen molar-refractivity contribution in [2.75, 3.05) is 6.54 Å². The molecule has 3 N–H and O–H groups in total. The van der Waals surface area contributed by atoms with E-state index in [4.69, 9.17) is 10.5 Å². The number of hydrogen-bond donors (Lipinski definition) is 2. The number of nitrogens with one attached hydrogen (secondary N) is 1. The summed E-state index contributed by atoms with van der Waals surface area (Å²) in [6.45, 7) is 4.96. The number of unbranched alkanes of at least 4 members (excludes halogenated alkanes) is 7. The molecule has 0 heterocycles. The molecule has 96 valence electrons. The largest absolute Gasteiger partial charge is 0.352 e. The number of amides is 2. The topological polar surface area (TPSA) is 72.2 Å². The van der Waals surface area contributed by atoms with Crippen LogP contribution < -0.4 is 11.1 Å². The quantitative estimate of drug-likeness (QED) is 0.598. The van der Waals surface area contributed by atoms with Crippen LogP contribution in [0.2, 0.25) is 0 Å². The first-order valence-electron chi connectivity index (χ1n) is 6.09. The van der Waals surface area contributed by atoms with Crippen LogP contribution in [-0.4, -0.2) is 19.4 Å². The second-order valence-electron chi connectivity index (χ2n) is 3.77. The number of hydrogen-bond acceptors (Lipinski definition) is 2. The van der Waals surface area contributed by atoms with E-state index in [-0.39, 0.29) is 0 Å². The summed E-state index contributed by atoms with van der Waals surface area (Å²) < 4.78 is 0. The fourth-order valence-electron chi connectivity index (χ4n) is 1.47. The number of urea groups is 1. The Morgan fingerprint density at radius 3 is 1.88 bits per heavy atom. The van der Waals surface area contributed by atoms with E-state index in [1.807, 2.05) is 6.79 Å².